The van der Waals surface area contributed by atoms with E-state index in [4.69, 9.17) is 4.52 Å². The van der Waals surface area contributed by atoms with E-state index in [2.05, 4.69) is 26.9 Å². The highest BCUT2D eigenvalue weighted by Gasteiger charge is 2.36. The minimum Gasteiger partial charge on any atom is -0.338 e. The zero-order valence-electron chi connectivity index (χ0n) is 14.6. The lowest BCUT2D eigenvalue weighted by atomic mass is 10.0. The lowest BCUT2D eigenvalue weighted by molar-refractivity contribution is 0.0959. The molecular formula is C17H27N5O2. The number of amides is 2. The van der Waals surface area contributed by atoms with Crippen molar-refractivity contribution < 1.29 is 9.32 Å². The van der Waals surface area contributed by atoms with Crippen LogP contribution < -0.4 is 0 Å². The summed E-state index contributed by atoms with van der Waals surface area (Å²) in [6, 6.07) is 0.754. The van der Waals surface area contributed by atoms with Gasteiger partial charge in [0.2, 0.25) is 5.89 Å². The van der Waals surface area contributed by atoms with Gasteiger partial charge in [-0.15, -0.1) is 0 Å². The smallest absolute Gasteiger partial charge is 0.320 e. The Hall–Kier alpha value is -1.63. The van der Waals surface area contributed by atoms with Crippen LogP contribution in [0.15, 0.2) is 4.52 Å². The summed E-state index contributed by atoms with van der Waals surface area (Å²) >= 11 is 0. The van der Waals surface area contributed by atoms with E-state index in [1.807, 2.05) is 11.8 Å². The van der Waals surface area contributed by atoms with E-state index < -0.39 is 0 Å². The maximum atomic E-state index is 12.4. The van der Waals surface area contributed by atoms with Gasteiger partial charge in [-0.1, -0.05) is 5.16 Å². The Labute approximate surface area is 143 Å². The Morgan fingerprint density at radius 2 is 1.92 bits per heavy atom. The highest BCUT2D eigenvalue weighted by atomic mass is 16.5. The summed E-state index contributed by atoms with van der Waals surface area (Å²) in [5.74, 6) is 2.15. The van der Waals surface area contributed by atoms with E-state index in [1.165, 1.54) is 12.8 Å². The summed E-state index contributed by atoms with van der Waals surface area (Å²) in [5, 5.41) is 4.13. The molecule has 1 aliphatic carbocycles. The third-order valence-electron chi connectivity index (χ3n) is 5.75. The van der Waals surface area contributed by atoms with E-state index >= 15 is 0 Å². The van der Waals surface area contributed by atoms with Crippen LogP contribution in [0.5, 0.6) is 0 Å². The molecule has 0 unspecified atom stereocenters. The predicted molar refractivity (Wildman–Crippen MR) is 88.6 cm³/mol. The molecule has 2 aliphatic heterocycles. The molecule has 4 rings (SSSR count). The fraction of sp³-hybridized carbons (Fsp3) is 0.824. The number of hydrogen-bond acceptors (Lipinski definition) is 5. The Bertz CT molecular complexity index is 592. The van der Waals surface area contributed by atoms with Crippen LogP contribution in [0.25, 0.3) is 0 Å². The topological polar surface area (TPSA) is 65.7 Å². The molecule has 3 fully saturated rings. The van der Waals surface area contributed by atoms with Gasteiger partial charge in [0, 0.05) is 44.7 Å². The summed E-state index contributed by atoms with van der Waals surface area (Å²) in [4.78, 5) is 23.3. The third kappa shape index (κ3) is 2.90. The molecule has 1 saturated carbocycles. The molecule has 1 aromatic rings. The highest BCUT2D eigenvalue weighted by molar-refractivity contribution is 5.76. The van der Waals surface area contributed by atoms with Crippen LogP contribution in [-0.2, 0) is 0 Å². The number of aromatic nitrogens is 2. The first-order valence-corrected chi connectivity index (χ1v) is 9.30. The summed E-state index contributed by atoms with van der Waals surface area (Å²) < 4.78 is 5.48. The van der Waals surface area contributed by atoms with Crippen LogP contribution >= 0.6 is 0 Å². The lowest BCUT2D eigenvalue weighted by Crippen LogP contribution is -2.47. The average molecular weight is 333 g/mol. The number of piperidine rings is 1. The number of likely N-dealkylation sites (tertiary alicyclic amines) is 1. The molecule has 0 bridgehead atoms. The van der Waals surface area contributed by atoms with Gasteiger partial charge < -0.3 is 14.3 Å². The first-order valence-electron chi connectivity index (χ1n) is 9.30. The van der Waals surface area contributed by atoms with Gasteiger partial charge in [0.25, 0.3) is 0 Å². The second kappa shape index (κ2) is 6.35. The number of rotatable bonds is 5. The van der Waals surface area contributed by atoms with Gasteiger partial charge in [-0.2, -0.15) is 4.98 Å². The zero-order valence-corrected chi connectivity index (χ0v) is 14.6. The Morgan fingerprint density at radius 1 is 1.17 bits per heavy atom. The van der Waals surface area contributed by atoms with Crippen LogP contribution in [0.4, 0.5) is 4.79 Å². The molecule has 24 heavy (non-hydrogen) atoms. The van der Waals surface area contributed by atoms with Gasteiger partial charge in [-0.3, -0.25) is 4.90 Å². The van der Waals surface area contributed by atoms with Crippen molar-refractivity contribution in [3.63, 3.8) is 0 Å². The maximum absolute atomic E-state index is 12.4. The average Bonchev–Trinajstić information content (AvgIpc) is 3.22. The normalized spacial score (nSPS) is 24.8. The molecule has 2 saturated heterocycles. The van der Waals surface area contributed by atoms with Crippen molar-refractivity contribution in [2.24, 2.45) is 0 Å². The Balaban J connectivity index is 1.33. The molecule has 0 radical (unpaired) electrons. The summed E-state index contributed by atoms with van der Waals surface area (Å²) in [5.41, 5.74) is 0. The van der Waals surface area contributed by atoms with Crippen molar-refractivity contribution in [3.05, 3.63) is 11.7 Å². The monoisotopic (exact) mass is 333 g/mol. The molecule has 0 N–H and O–H groups in total. The first-order chi connectivity index (χ1) is 11.7. The molecule has 3 aliphatic rings. The van der Waals surface area contributed by atoms with Gasteiger partial charge in [-0.05, 0) is 39.5 Å². The molecular weight excluding hydrogens is 306 g/mol. The van der Waals surface area contributed by atoms with E-state index in [1.54, 1.807) is 0 Å². The van der Waals surface area contributed by atoms with Gasteiger partial charge in [0.15, 0.2) is 5.82 Å². The fourth-order valence-electron chi connectivity index (χ4n) is 3.90. The number of nitrogens with zero attached hydrogens (tertiary/aromatic N) is 5. The first kappa shape index (κ1) is 15.9. The molecule has 2 amide bonds. The molecule has 7 heteroatoms. The molecule has 1 atom stereocenters. The second-order valence-electron chi connectivity index (χ2n) is 7.26. The van der Waals surface area contributed by atoms with Crippen molar-refractivity contribution in [1.82, 2.24) is 24.8 Å². The third-order valence-corrected chi connectivity index (χ3v) is 5.75. The number of carbonyl (C=O) groups is 1. The number of carbonyl (C=O) groups excluding carboxylic acids is 1. The molecule has 1 aromatic heterocycles. The quantitative estimate of drug-likeness (QED) is 0.827. The van der Waals surface area contributed by atoms with Gasteiger partial charge >= 0.3 is 6.03 Å². The standard InChI is InChI=1S/C17H27N5O2/c1-3-20-10-11-22(17(20)23)14-6-8-21(9-7-14)12(2)16-18-15(19-24-16)13-4-5-13/h12-14H,3-11H2,1-2H3/t12-/m0/s1. The van der Waals surface area contributed by atoms with Crippen molar-refractivity contribution in [1.29, 1.82) is 0 Å². The Morgan fingerprint density at radius 3 is 2.54 bits per heavy atom. The largest absolute Gasteiger partial charge is 0.338 e. The number of urea groups is 1. The van der Waals surface area contributed by atoms with Crippen LogP contribution in [-0.4, -0.2) is 69.6 Å². The predicted octanol–water partition coefficient (Wildman–Crippen LogP) is 2.23. The van der Waals surface area contributed by atoms with Gasteiger partial charge in [0.1, 0.15) is 0 Å². The van der Waals surface area contributed by atoms with Crippen molar-refractivity contribution in [2.75, 3.05) is 32.7 Å². The number of hydrogen-bond donors (Lipinski definition) is 0. The second-order valence-corrected chi connectivity index (χ2v) is 7.26. The van der Waals surface area contributed by atoms with Crippen LogP contribution in [0.1, 0.15) is 63.2 Å². The van der Waals surface area contributed by atoms with E-state index in [0.29, 0.717) is 12.0 Å². The zero-order chi connectivity index (χ0) is 16.7. The summed E-state index contributed by atoms with van der Waals surface area (Å²) in [6.07, 6.45) is 4.43. The summed E-state index contributed by atoms with van der Waals surface area (Å²) in [7, 11) is 0. The van der Waals surface area contributed by atoms with Crippen molar-refractivity contribution in [2.45, 2.75) is 57.5 Å². The minimum absolute atomic E-state index is 0.160. The number of likely N-dealkylation sites (N-methyl/N-ethyl adjacent to an activating group) is 1. The van der Waals surface area contributed by atoms with Crippen LogP contribution in [0.2, 0.25) is 0 Å². The highest BCUT2D eigenvalue weighted by Crippen LogP contribution is 2.38. The molecule has 0 aromatic carbocycles. The maximum Gasteiger partial charge on any atom is 0.320 e. The van der Waals surface area contributed by atoms with Crippen molar-refractivity contribution >= 4 is 6.03 Å². The Kier molecular flexibility index (Phi) is 4.20. The van der Waals surface area contributed by atoms with E-state index in [9.17, 15) is 4.79 Å². The summed E-state index contributed by atoms with van der Waals surface area (Å²) in [6.45, 7) is 8.70. The van der Waals surface area contributed by atoms with Gasteiger partial charge in [-0.25, -0.2) is 4.79 Å². The molecule has 132 valence electrons. The molecule has 7 nitrogen and oxygen atoms in total. The minimum atomic E-state index is 0.160. The lowest BCUT2D eigenvalue weighted by Gasteiger charge is -2.38. The van der Waals surface area contributed by atoms with E-state index in [-0.39, 0.29) is 12.1 Å². The van der Waals surface area contributed by atoms with Gasteiger partial charge in [0.05, 0.1) is 6.04 Å². The molecule has 0 spiro atoms. The SMILES string of the molecule is CCN1CCN(C2CCN([C@@H](C)c3nc(C4CC4)no3)CC2)C1=O. The van der Waals surface area contributed by atoms with Crippen molar-refractivity contribution in [3.8, 4) is 0 Å². The molecule has 3 heterocycles. The van der Waals surface area contributed by atoms with Crippen LogP contribution in [0.3, 0.4) is 0 Å². The fourth-order valence-corrected chi connectivity index (χ4v) is 3.90. The van der Waals surface area contributed by atoms with Crippen LogP contribution in [0, 0.1) is 0 Å². The van der Waals surface area contributed by atoms with E-state index in [0.717, 1.165) is 57.3 Å².